The van der Waals surface area contributed by atoms with Gasteiger partial charge in [-0.05, 0) is 42.8 Å². The van der Waals surface area contributed by atoms with Crippen molar-refractivity contribution in [1.82, 2.24) is 0 Å². The summed E-state index contributed by atoms with van der Waals surface area (Å²) in [7, 11) is 0. The second-order valence-corrected chi connectivity index (χ2v) is 5.40. The third kappa shape index (κ3) is 3.46. The van der Waals surface area contributed by atoms with E-state index < -0.39 is 0 Å². The summed E-state index contributed by atoms with van der Waals surface area (Å²) >= 11 is 5.84. The number of ether oxygens (including phenoxy) is 1. The number of carbonyl (C=O) groups excluding carboxylic acids is 1. The standard InChI is InChI=1S/C19H15ClO3/c1-2-22-17-5-3-4-14-12-18(23-19(14)17)16(21)11-8-13-6-9-15(20)10-7-13/h3-12H,2H2,1H3/b11-8+. The molecule has 0 saturated carbocycles. The molecule has 3 aromatic rings. The van der Waals surface area contributed by atoms with Crippen LogP contribution in [0.3, 0.4) is 0 Å². The minimum atomic E-state index is -0.196. The van der Waals surface area contributed by atoms with E-state index in [1.54, 1.807) is 24.3 Å². The van der Waals surface area contributed by atoms with E-state index in [0.717, 1.165) is 10.9 Å². The average Bonchev–Trinajstić information content (AvgIpc) is 3.00. The Hall–Kier alpha value is -2.52. The van der Waals surface area contributed by atoms with E-state index in [2.05, 4.69) is 0 Å². The zero-order chi connectivity index (χ0) is 16.2. The fourth-order valence-corrected chi connectivity index (χ4v) is 2.38. The fraction of sp³-hybridized carbons (Fsp3) is 0.105. The Kier molecular flexibility index (Phi) is 4.49. The zero-order valence-corrected chi connectivity index (χ0v) is 13.3. The Balaban J connectivity index is 1.86. The smallest absolute Gasteiger partial charge is 0.221 e. The van der Waals surface area contributed by atoms with Gasteiger partial charge in [-0.15, -0.1) is 0 Å². The van der Waals surface area contributed by atoms with Gasteiger partial charge in [0, 0.05) is 10.4 Å². The Labute approximate surface area is 139 Å². The van der Waals surface area contributed by atoms with E-state index in [-0.39, 0.29) is 11.5 Å². The Morgan fingerprint density at radius 1 is 1.22 bits per heavy atom. The van der Waals surface area contributed by atoms with Gasteiger partial charge in [0.25, 0.3) is 0 Å². The number of halogens is 1. The summed E-state index contributed by atoms with van der Waals surface area (Å²) in [4.78, 5) is 12.3. The third-order valence-corrected chi connectivity index (χ3v) is 3.60. The van der Waals surface area contributed by atoms with E-state index in [1.807, 2.05) is 37.3 Å². The summed E-state index contributed by atoms with van der Waals surface area (Å²) in [5.74, 6) is 0.738. The molecular weight excluding hydrogens is 312 g/mol. The minimum absolute atomic E-state index is 0.196. The number of carbonyl (C=O) groups is 1. The maximum absolute atomic E-state index is 12.3. The number of furan rings is 1. The van der Waals surface area contributed by atoms with Gasteiger partial charge in [0.15, 0.2) is 17.1 Å². The van der Waals surface area contributed by atoms with Gasteiger partial charge in [0.05, 0.1) is 6.61 Å². The highest BCUT2D eigenvalue weighted by Crippen LogP contribution is 2.29. The summed E-state index contributed by atoms with van der Waals surface area (Å²) < 4.78 is 11.2. The molecule has 0 radical (unpaired) electrons. The number of ketones is 1. The Bertz CT molecular complexity index is 860. The van der Waals surface area contributed by atoms with Gasteiger partial charge in [-0.3, -0.25) is 4.79 Å². The molecule has 0 saturated heterocycles. The van der Waals surface area contributed by atoms with Gasteiger partial charge in [0.2, 0.25) is 5.78 Å². The minimum Gasteiger partial charge on any atom is -0.490 e. The molecule has 0 spiro atoms. The summed E-state index contributed by atoms with van der Waals surface area (Å²) in [5, 5.41) is 1.51. The van der Waals surface area contributed by atoms with Crippen LogP contribution in [0.15, 0.2) is 59.0 Å². The van der Waals surface area contributed by atoms with Crippen molar-refractivity contribution in [3.8, 4) is 5.75 Å². The van der Waals surface area contributed by atoms with Crippen LogP contribution in [-0.2, 0) is 0 Å². The molecule has 0 aliphatic rings. The number of para-hydroxylation sites is 1. The van der Waals surface area contributed by atoms with Gasteiger partial charge < -0.3 is 9.15 Å². The van der Waals surface area contributed by atoms with Crippen LogP contribution in [0.1, 0.15) is 23.0 Å². The predicted octanol–water partition coefficient (Wildman–Crippen LogP) is 5.38. The fourth-order valence-electron chi connectivity index (χ4n) is 2.25. The van der Waals surface area contributed by atoms with Crippen molar-refractivity contribution in [1.29, 1.82) is 0 Å². The molecule has 1 heterocycles. The number of fused-ring (bicyclic) bond motifs is 1. The first-order valence-electron chi connectivity index (χ1n) is 7.30. The second kappa shape index (κ2) is 6.71. The predicted molar refractivity (Wildman–Crippen MR) is 92.2 cm³/mol. The lowest BCUT2D eigenvalue weighted by atomic mass is 10.1. The Morgan fingerprint density at radius 3 is 2.74 bits per heavy atom. The molecule has 0 aliphatic heterocycles. The molecule has 4 heteroatoms. The highest BCUT2D eigenvalue weighted by molar-refractivity contribution is 6.30. The van der Waals surface area contributed by atoms with Crippen LogP contribution in [0.2, 0.25) is 5.02 Å². The van der Waals surface area contributed by atoms with Crippen LogP contribution in [0, 0.1) is 0 Å². The normalized spacial score (nSPS) is 11.2. The van der Waals surface area contributed by atoms with E-state index >= 15 is 0 Å². The van der Waals surface area contributed by atoms with Crippen molar-refractivity contribution in [2.75, 3.05) is 6.61 Å². The summed E-state index contributed by atoms with van der Waals surface area (Å²) in [5.41, 5.74) is 1.49. The number of benzene rings is 2. The van der Waals surface area contributed by atoms with Crippen molar-refractivity contribution < 1.29 is 13.9 Å². The molecule has 0 amide bonds. The molecule has 23 heavy (non-hydrogen) atoms. The lowest BCUT2D eigenvalue weighted by Crippen LogP contribution is -1.91. The largest absolute Gasteiger partial charge is 0.490 e. The third-order valence-electron chi connectivity index (χ3n) is 3.35. The molecule has 3 nitrogen and oxygen atoms in total. The van der Waals surface area contributed by atoms with E-state index in [9.17, 15) is 4.79 Å². The molecule has 2 aromatic carbocycles. The van der Waals surface area contributed by atoms with Crippen molar-refractivity contribution in [3.05, 3.63) is 71.0 Å². The van der Waals surface area contributed by atoms with Crippen molar-refractivity contribution in [3.63, 3.8) is 0 Å². The zero-order valence-electron chi connectivity index (χ0n) is 12.6. The molecule has 1 aromatic heterocycles. The van der Waals surface area contributed by atoms with Crippen LogP contribution in [0.5, 0.6) is 5.75 Å². The molecule has 0 bridgehead atoms. The second-order valence-electron chi connectivity index (χ2n) is 4.97. The highest BCUT2D eigenvalue weighted by Gasteiger charge is 2.12. The summed E-state index contributed by atoms with van der Waals surface area (Å²) in [6.07, 6.45) is 3.22. The van der Waals surface area contributed by atoms with Gasteiger partial charge in [-0.25, -0.2) is 0 Å². The van der Waals surface area contributed by atoms with Gasteiger partial charge in [-0.2, -0.15) is 0 Å². The van der Waals surface area contributed by atoms with Crippen LogP contribution in [0.4, 0.5) is 0 Å². The van der Waals surface area contributed by atoms with Crippen molar-refractivity contribution in [2.45, 2.75) is 6.92 Å². The van der Waals surface area contributed by atoms with Gasteiger partial charge in [-0.1, -0.05) is 41.9 Å². The highest BCUT2D eigenvalue weighted by atomic mass is 35.5. The first-order valence-corrected chi connectivity index (χ1v) is 7.68. The van der Waals surface area contributed by atoms with Crippen molar-refractivity contribution >= 4 is 34.4 Å². The first-order chi connectivity index (χ1) is 11.2. The van der Waals surface area contributed by atoms with Crippen LogP contribution in [-0.4, -0.2) is 12.4 Å². The molecule has 0 unspecified atom stereocenters. The molecular formula is C19H15ClO3. The van der Waals surface area contributed by atoms with Crippen molar-refractivity contribution in [2.24, 2.45) is 0 Å². The van der Waals surface area contributed by atoms with Crippen LogP contribution < -0.4 is 4.74 Å². The first kappa shape index (κ1) is 15.4. The SMILES string of the molecule is CCOc1cccc2cc(C(=O)/C=C/c3ccc(Cl)cc3)oc12. The molecule has 116 valence electrons. The molecule has 0 fully saturated rings. The number of rotatable bonds is 5. The number of hydrogen-bond donors (Lipinski definition) is 0. The number of allylic oxidation sites excluding steroid dienone is 1. The van der Waals surface area contributed by atoms with Gasteiger partial charge in [0.1, 0.15) is 0 Å². The van der Waals surface area contributed by atoms with E-state index in [1.165, 1.54) is 6.08 Å². The van der Waals surface area contributed by atoms with Crippen LogP contribution in [0.25, 0.3) is 17.0 Å². The Morgan fingerprint density at radius 2 is 2.00 bits per heavy atom. The lowest BCUT2D eigenvalue weighted by Gasteiger charge is -2.01. The average molecular weight is 327 g/mol. The molecule has 3 rings (SSSR count). The molecule has 0 aliphatic carbocycles. The summed E-state index contributed by atoms with van der Waals surface area (Å²) in [6, 6.07) is 14.6. The summed E-state index contributed by atoms with van der Waals surface area (Å²) in [6.45, 7) is 2.45. The quantitative estimate of drug-likeness (QED) is 0.466. The monoisotopic (exact) mass is 326 g/mol. The number of hydrogen-bond acceptors (Lipinski definition) is 3. The van der Waals surface area contributed by atoms with Crippen LogP contribution >= 0.6 is 11.6 Å². The van der Waals surface area contributed by atoms with Gasteiger partial charge >= 0.3 is 0 Å². The van der Waals surface area contributed by atoms with E-state index in [4.69, 9.17) is 20.8 Å². The maximum atomic E-state index is 12.3. The molecule has 0 atom stereocenters. The maximum Gasteiger partial charge on any atom is 0.221 e. The topological polar surface area (TPSA) is 39.4 Å². The van der Waals surface area contributed by atoms with E-state index in [0.29, 0.717) is 23.0 Å². The molecule has 0 N–H and O–H groups in total. The lowest BCUT2D eigenvalue weighted by molar-refractivity contribution is 0.102.